The molecule has 0 saturated heterocycles. The average molecular weight is 514 g/mol. The van der Waals surface area contributed by atoms with Gasteiger partial charge in [0.2, 0.25) is 0 Å². The molecule has 0 aromatic heterocycles. The van der Waals surface area contributed by atoms with Crippen LogP contribution < -0.4 is 5.32 Å². The molecule has 0 bridgehead atoms. The van der Waals surface area contributed by atoms with Crippen molar-refractivity contribution in [2.45, 2.75) is 76.9 Å². The number of aliphatic hydroxyl groups is 1. The number of ether oxygens (including phenoxy) is 1. The minimum absolute atomic E-state index is 0.232. The van der Waals surface area contributed by atoms with E-state index in [4.69, 9.17) is 4.74 Å². The van der Waals surface area contributed by atoms with Crippen LogP contribution >= 0.6 is 0 Å². The van der Waals surface area contributed by atoms with Crippen molar-refractivity contribution < 1.29 is 19.4 Å². The van der Waals surface area contributed by atoms with E-state index in [1.54, 1.807) is 18.2 Å². The van der Waals surface area contributed by atoms with Crippen molar-refractivity contribution >= 4 is 11.9 Å². The zero-order chi connectivity index (χ0) is 27.8. The largest absolute Gasteiger partial charge is 0.467 e. The maximum Gasteiger partial charge on any atom is 0.328 e. The highest BCUT2D eigenvalue weighted by molar-refractivity contribution is 5.97. The van der Waals surface area contributed by atoms with E-state index in [0.29, 0.717) is 23.5 Å². The first-order valence-electron chi connectivity index (χ1n) is 13.4. The molecule has 3 aromatic carbocycles. The van der Waals surface area contributed by atoms with Gasteiger partial charge in [-0.1, -0.05) is 96.1 Å². The zero-order valence-electron chi connectivity index (χ0n) is 23.5. The van der Waals surface area contributed by atoms with E-state index in [9.17, 15) is 14.7 Å². The summed E-state index contributed by atoms with van der Waals surface area (Å²) in [6.45, 7) is 12.8. The number of benzene rings is 3. The number of hydrogen-bond acceptors (Lipinski definition) is 4. The van der Waals surface area contributed by atoms with Crippen LogP contribution in [0.15, 0.2) is 66.7 Å². The van der Waals surface area contributed by atoms with Gasteiger partial charge in [-0.15, -0.1) is 0 Å². The third kappa shape index (κ3) is 4.64. The van der Waals surface area contributed by atoms with Gasteiger partial charge in [-0.05, 0) is 57.3 Å². The van der Waals surface area contributed by atoms with Crippen LogP contribution in [-0.2, 0) is 27.0 Å². The van der Waals surface area contributed by atoms with Gasteiger partial charge in [-0.25, -0.2) is 4.79 Å². The third-order valence-electron chi connectivity index (χ3n) is 8.04. The Labute approximate surface area is 226 Å². The molecule has 1 amide bonds. The minimum atomic E-state index is -1.25. The smallest absolute Gasteiger partial charge is 0.328 e. The highest BCUT2D eigenvalue weighted by atomic mass is 16.5. The summed E-state index contributed by atoms with van der Waals surface area (Å²) in [4.78, 5) is 25.8. The summed E-state index contributed by atoms with van der Waals surface area (Å²) >= 11 is 0. The molecule has 4 rings (SSSR count). The van der Waals surface area contributed by atoms with Crippen LogP contribution in [0.4, 0.5) is 0 Å². The van der Waals surface area contributed by atoms with E-state index < -0.39 is 28.9 Å². The standard InChI is InChI=1S/C33H39NO4/c1-20(2)24-18-26(21(3)4)29-27(19-24)32(5,6)33(29,37)25-15-11-14-23(17-25)30(35)34-28(31(36)38-7)16-22-12-9-8-10-13-22/h8-15,17-21,28,37H,16H2,1-7H3,(H,34,35)/t28-,33?/m0/s1. The van der Waals surface area contributed by atoms with Crippen LogP contribution in [0.1, 0.15) is 97.1 Å². The number of fused-ring (bicyclic) bond motifs is 1. The van der Waals surface area contributed by atoms with Crippen molar-refractivity contribution in [1.82, 2.24) is 5.32 Å². The SMILES string of the molecule is COC(=O)[C@H](Cc1ccccc1)NC(=O)c1cccc(C2(O)c3c(C(C)C)cc(C(C)C)cc3C2(C)C)c1. The Kier molecular flexibility index (Phi) is 7.53. The first-order chi connectivity index (χ1) is 17.9. The fourth-order valence-corrected chi connectivity index (χ4v) is 5.64. The van der Waals surface area contributed by atoms with Gasteiger partial charge in [-0.3, -0.25) is 4.79 Å². The average Bonchev–Trinajstić information content (AvgIpc) is 2.91. The highest BCUT2D eigenvalue weighted by Gasteiger charge is 2.59. The first kappa shape index (κ1) is 27.6. The van der Waals surface area contributed by atoms with Crippen molar-refractivity contribution in [1.29, 1.82) is 0 Å². The number of methoxy groups -OCH3 is 1. The zero-order valence-corrected chi connectivity index (χ0v) is 23.5. The van der Waals surface area contributed by atoms with Crippen LogP contribution in [0, 0.1) is 0 Å². The summed E-state index contributed by atoms with van der Waals surface area (Å²) in [7, 11) is 1.32. The fourth-order valence-electron chi connectivity index (χ4n) is 5.64. The van der Waals surface area contributed by atoms with E-state index in [2.05, 4.69) is 59.0 Å². The van der Waals surface area contributed by atoms with E-state index >= 15 is 0 Å². The van der Waals surface area contributed by atoms with Crippen molar-refractivity contribution in [2.75, 3.05) is 7.11 Å². The lowest BCUT2D eigenvalue weighted by molar-refractivity contribution is -0.142. The van der Waals surface area contributed by atoms with Gasteiger partial charge in [0.15, 0.2) is 0 Å². The maximum absolute atomic E-state index is 13.4. The molecule has 1 aliphatic rings. The molecule has 2 atom stereocenters. The molecule has 38 heavy (non-hydrogen) atoms. The van der Waals surface area contributed by atoms with Crippen LogP contribution in [-0.4, -0.2) is 30.1 Å². The Balaban J connectivity index is 1.70. The van der Waals surface area contributed by atoms with Crippen LogP contribution in [0.25, 0.3) is 0 Å². The molecular weight excluding hydrogens is 474 g/mol. The lowest BCUT2D eigenvalue weighted by Crippen LogP contribution is -2.56. The lowest BCUT2D eigenvalue weighted by atomic mass is 9.50. The van der Waals surface area contributed by atoms with Crippen LogP contribution in [0.5, 0.6) is 0 Å². The van der Waals surface area contributed by atoms with Gasteiger partial charge in [0.25, 0.3) is 5.91 Å². The molecule has 0 fully saturated rings. The summed E-state index contributed by atoms with van der Waals surface area (Å²) < 4.78 is 4.96. The predicted octanol–water partition coefficient (Wildman–Crippen LogP) is 5.97. The molecular formula is C33H39NO4. The molecule has 3 aromatic rings. The second kappa shape index (κ2) is 10.4. The summed E-state index contributed by atoms with van der Waals surface area (Å²) in [5, 5.41) is 15.2. The molecule has 2 N–H and O–H groups in total. The molecule has 1 unspecified atom stereocenters. The predicted molar refractivity (Wildman–Crippen MR) is 151 cm³/mol. The minimum Gasteiger partial charge on any atom is -0.467 e. The number of esters is 1. The van der Waals surface area contributed by atoms with Gasteiger partial charge >= 0.3 is 5.97 Å². The third-order valence-corrected chi connectivity index (χ3v) is 8.04. The summed E-state index contributed by atoms with van der Waals surface area (Å²) in [6, 6.07) is 20.2. The summed E-state index contributed by atoms with van der Waals surface area (Å²) in [6.07, 6.45) is 0.319. The van der Waals surface area contributed by atoms with Crippen LogP contribution in [0.2, 0.25) is 0 Å². The molecule has 0 saturated carbocycles. The molecule has 5 heteroatoms. The number of carbonyl (C=O) groups excluding carboxylic acids is 2. The number of hydrogen-bond donors (Lipinski definition) is 2. The molecule has 200 valence electrons. The lowest BCUT2D eigenvalue weighted by Gasteiger charge is -2.56. The Morgan fingerprint density at radius 3 is 2.21 bits per heavy atom. The van der Waals surface area contributed by atoms with Crippen molar-refractivity contribution in [3.05, 3.63) is 106 Å². The highest BCUT2D eigenvalue weighted by Crippen LogP contribution is 2.60. The molecule has 0 aliphatic heterocycles. The van der Waals surface area contributed by atoms with E-state index in [1.807, 2.05) is 36.4 Å². The van der Waals surface area contributed by atoms with Gasteiger partial charge in [-0.2, -0.15) is 0 Å². The first-order valence-corrected chi connectivity index (χ1v) is 13.4. The van der Waals surface area contributed by atoms with Crippen molar-refractivity contribution in [3.8, 4) is 0 Å². The quantitative estimate of drug-likeness (QED) is 0.364. The van der Waals surface area contributed by atoms with Crippen molar-refractivity contribution in [2.24, 2.45) is 0 Å². The Bertz CT molecular complexity index is 1330. The Morgan fingerprint density at radius 2 is 1.61 bits per heavy atom. The summed E-state index contributed by atoms with van der Waals surface area (Å²) in [5.74, 6) is -0.282. The monoisotopic (exact) mass is 513 g/mol. The fraction of sp³-hybridized carbons (Fsp3) is 0.394. The Morgan fingerprint density at radius 1 is 0.921 bits per heavy atom. The van der Waals surface area contributed by atoms with Gasteiger partial charge in [0, 0.05) is 17.4 Å². The Hall–Kier alpha value is -3.44. The maximum atomic E-state index is 13.4. The number of nitrogens with one attached hydrogen (secondary N) is 1. The van der Waals surface area contributed by atoms with E-state index in [-0.39, 0.29) is 5.92 Å². The molecule has 1 aliphatic carbocycles. The molecule has 0 radical (unpaired) electrons. The van der Waals surface area contributed by atoms with Crippen LogP contribution in [0.3, 0.4) is 0 Å². The molecule has 0 spiro atoms. The van der Waals surface area contributed by atoms with Gasteiger partial charge < -0.3 is 15.2 Å². The number of carbonyl (C=O) groups is 2. The van der Waals surface area contributed by atoms with Gasteiger partial charge in [0.05, 0.1) is 7.11 Å². The second-order valence-corrected chi connectivity index (χ2v) is 11.5. The second-order valence-electron chi connectivity index (χ2n) is 11.5. The topological polar surface area (TPSA) is 75.6 Å². The van der Waals surface area contributed by atoms with E-state index in [0.717, 1.165) is 22.3 Å². The molecule has 5 nitrogen and oxygen atoms in total. The van der Waals surface area contributed by atoms with E-state index in [1.165, 1.54) is 12.7 Å². The molecule has 0 heterocycles. The van der Waals surface area contributed by atoms with Gasteiger partial charge in [0.1, 0.15) is 11.6 Å². The number of rotatable bonds is 8. The number of amides is 1. The van der Waals surface area contributed by atoms with Crippen molar-refractivity contribution in [3.63, 3.8) is 0 Å². The summed E-state index contributed by atoms with van der Waals surface area (Å²) in [5.41, 5.74) is 4.66. The normalized spacial score (nSPS) is 18.5.